The van der Waals surface area contributed by atoms with Gasteiger partial charge >= 0.3 is 0 Å². The Balaban J connectivity index is 0.000000343. The second kappa shape index (κ2) is 15.4. The Hall–Kier alpha value is -2.41. The Morgan fingerprint density at radius 2 is 0.619 bits per heavy atom. The van der Waals surface area contributed by atoms with Crippen LogP contribution in [0.4, 0.5) is 0 Å². The van der Waals surface area contributed by atoms with Crippen molar-refractivity contribution >= 4 is 52.1 Å². The minimum Gasteiger partial charge on any atom is -0.417 e. The SMILES string of the molecule is CCO[Si](C)(C)[Si](C)(C)OCC.CO[Si](c1ccccc1)(c1ccccc1)[Si](OC)(c1ccccc1)c1ccccc1. The molecule has 0 atom stereocenters. The van der Waals surface area contributed by atoms with E-state index in [2.05, 4.69) is 161 Å². The zero-order valence-corrected chi connectivity index (χ0v) is 30.6. The first-order valence-electron chi connectivity index (χ1n) is 14.8. The molecule has 4 rings (SSSR count). The van der Waals surface area contributed by atoms with Crippen LogP contribution in [0.2, 0.25) is 26.2 Å². The number of hydrogen-bond acceptors (Lipinski definition) is 4. The van der Waals surface area contributed by atoms with Crippen molar-refractivity contribution in [2.24, 2.45) is 0 Å². The summed E-state index contributed by atoms with van der Waals surface area (Å²) in [6.45, 7) is 14.8. The molecule has 4 nitrogen and oxygen atoms in total. The Labute approximate surface area is 257 Å². The van der Waals surface area contributed by atoms with E-state index in [1.165, 1.54) is 20.7 Å². The van der Waals surface area contributed by atoms with Crippen LogP contribution < -0.4 is 20.7 Å². The van der Waals surface area contributed by atoms with E-state index < -0.39 is 31.3 Å². The molecule has 0 fully saturated rings. The fourth-order valence-electron chi connectivity index (χ4n) is 5.67. The lowest BCUT2D eigenvalue weighted by molar-refractivity contribution is 0.306. The molecule has 224 valence electrons. The summed E-state index contributed by atoms with van der Waals surface area (Å²) in [5, 5.41) is 4.89. The highest BCUT2D eigenvalue weighted by Gasteiger charge is 2.63. The number of hydrogen-bond donors (Lipinski definition) is 0. The van der Waals surface area contributed by atoms with E-state index in [9.17, 15) is 0 Å². The van der Waals surface area contributed by atoms with Crippen LogP contribution in [0.25, 0.3) is 0 Å². The van der Waals surface area contributed by atoms with Crippen molar-refractivity contribution in [3.63, 3.8) is 0 Å². The summed E-state index contributed by atoms with van der Waals surface area (Å²) < 4.78 is 25.1. The highest BCUT2D eigenvalue weighted by atomic mass is 29.3. The van der Waals surface area contributed by atoms with Crippen LogP contribution in [0.3, 0.4) is 0 Å². The van der Waals surface area contributed by atoms with Crippen molar-refractivity contribution in [1.29, 1.82) is 0 Å². The molecule has 0 heterocycles. The largest absolute Gasteiger partial charge is 0.417 e. The fraction of sp³-hybridized carbons (Fsp3) is 0.294. The lowest BCUT2D eigenvalue weighted by Gasteiger charge is -2.45. The summed E-state index contributed by atoms with van der Waals surface area (Å²) >= 11 is 0. The molecule has 0 N–H and O–H groups in total. The van der Waals surface area contributed by atoms with Crippen LogP contribution in [0, 0.1) is 0 Å². The molecule has 0 spiro atoms. The quantitative estimate of drug-likeness (QED) is 0.196. The maximum Gasteiger partial charge on any atom is 0.282 e. The highest BCUT2D eigenvalue weighted by molar-refractivity contribution is 7.55. The van der Waals surface area contributed by atoms with Gasteiger partial charge < -0.3 is 17.7 Å². The highest BCUT2D eigenvalue weighted by Crippen LogP contribution is 2.23. The molecule has 0 aliphatic heterocycles. The number of rotatable bonds is 12. The molecule has 0 unspecified atom stereocenters. The molecule has 0 radical (unpaired) electrons. The summed E-state index contributed by atoms with van der Waals surface area (Å²) in [4.78, 5) is 0. The van der Waals surface area contributed by atoms with Crippen molar-refractivity contribution in [3.8, 4) is 0 Å². The summed E-state index contributed by atoms with van der Waals surface area (Å²) in [6, 6.07) is 42.7. The molecule has 8 heteroatoms. The van der Waals surface area contributed by atoms with Crippen molar-refractivity contribution in [2.45, 2.75) is 40.0 Å². The topological polar surface area (TPSA) is 36.9 Å². The van der Waals surface area contributed by atoms with Gasteiger partial charge in [0.05, 0.1) is 0 Å². The molecule has 0 bridgehead atoms. The predicted octanol–water partition coefficient (Wildman–Crippen LogP) is 5.43. The van der Waals surface area contributed by atoms with E-state index in [4.69, 9.17) is 17.7 Å². The van der Waals surface area contributed by atoms with Crippen molar-refractivity contribution in [3.05, 3.63) is 121 Å². The summed E-state index contributed by atoms with van der Waals surface area (Å²) in [7, 11) is -5.08. The molecular weight excluding hydrogens is 585 g/mol. The van der Waals surface area contributed by atoms with Gasteiger partial charge in [-0.1, -0.05) is 121 Å². The van der Waals surface area contributed by atoms with Crippen LogP contribution in [0.1, 0.15) is 13.8 Å². The van der Waals surface area contributed by atoms with E-state index in [0.29, 0.717) is 0 Å². The Bertz CT molecular complexity index is 1140. The van der Waals surface area contributed by atoms with Crippen LogP contribution in [-0.2, 0) is 17.7 Å². The molecule has 0 aromatic heterocycles. The molecule has 0 amide bonds. The first-order valence-corrected chi connectivity index (χ1v) is 26.4. The van der Waals surface area contributed by atoms with E-state index >= 15 is 0 Å². The number of benzene rings is 4. The zero-order chi connectivity index (χ0) is 30.7. The zero-order valence-electron chi connectivity index (χ0n) is 26.6. The van der Waals surface area contributed by atoms with E-state index in [0.717, 1.165) is 13.2 Å². The van der Waals surface area contributed by atoms with Gasteiger partial charge in [-0.05, 0) is 60.8 Å². The van der Waals surface area contributed by atoms with Crippen LogP contribution in [-0.4, -0.2) is 58.8 Å². The van der Waals surface area contributed by atoms with Gasteiger partial charge in [-0.15, -0.1) is 0 Å². The third kappa shape index (κ3) is 6.87. The van der Waals surface area contributed by atoms with Gasteiger partial charge in [-0.3, -0.25) is 0 Å². The summed E-state index contributed by atoms with van der Waals surface area (Å²) in [5.41, 5.74) is 0. The molecule has 0 aliphatic carbocycles. The Morgan fingerprint density at radius 3 is 0.786 bits per heavy atom. The molecular formula is C34H48O4Si4. The predicted molar refractivity (Wildman–Crippen MR) is 188 cm³/mol. The van der Waals surface area contributed by atoms with Gasteiger partial charge in [-0.2, -0.15) is 0 Å². The van der Waals surface area contributed by atoms with E-state index in [-0.39, 0.29) is 0 Å². The minimum atomic E-state index is -2.87. The first kappa shape index (κ1) is 34.1. The van der Waals surface area contributed by atoms with E-state index in [1.54, 1.807) is 0 Å². The molecule has 0 aliphatic rings. The van der Waals surface area contributed by atoms with Gasteiger partial charge in [0.25, 0.3) is 15.7 Å². The van der Waals surface area contributed by atoms with Gasteiger partial charge in [0.15, 0.2) is 0 Å². The normalized spacial score (nSPS) is 12.4. The third-order valence-corrected chi connectivity index (χ3v) is 37.2. The van der Waals surface area contributed by atoms with Crippen LogP contribution in [0.5, 0.6) is 0 Å². The molecule has 42 heavy (non-hydrogen) atoms. The second-order valence-corrected chi connectivity index (χ2v) is 35.0. The van der Waals surface area contributed by atoms with Gasteiger partial charge in [0, 0.05) is 27.4 Å². The first-order chi connectivity index (χ1) is 20.2. The summed E-state index contributed by atoms with van der Waals surface area (Å²) in [6.07, 6.45) is 0. The average molecular weight is 633 g/mol. The van der Waals surface area contributed by atoms with Crippen molar-refractivity contribution in [1.82, 2.24) is 0 Å². The maximum atomic E-state index is 6.75. The Morgan fingerprint density at radius 1 is 0.405 bits per heavy atom. The van der Waals surface area contributed by atoms with Gasteiger partial charge in [0.1, 0.15) is 0 Å². The average Bonchev–Trinajstić information content (AvgIpc) is 3.02. The summed E-state index contributed by atoms with van der Waals surface area (Å²) in [5.74, 6) is 0. The fourth-order valence-corrected chi connectivity index (χ4v) is 25.8. The van der Waals surface area contributed by atoms with Gasteiger partial charge in [-0.25, -0.2) is 0 Å². The van der Waals surface area contributed by atoms with E-state index in [1.807, 2.05) is 14.2 Å². The monoisotopic (exact) mass is 632 g/mol. The molecule has 0 saturated carbocycles. The lowest BCUT2D eigenvalue weighted by atomic mass is 10.4. The van der Waals surface area contributed by atoms with Crippen molar-refractivity contribution < 1.29 is 17.7 Å². The van der Waals surface area contributed by atoms with Crippen LogP contribution in [0.15, 0.2) is 121 Å². The molecule has 4 aromatic rings. The van der Waals surface area contributed by atoms with Crippen LogP contribution >= 0.6 is 0 Å². The van der Waals surface area contributed by atoms with Crippen molar-refractivity contribution in [2.75, 3.05) is 27.4 Å². The standard InChI is InChI=1S/C26H26O2Si2.C8H22O2Si2/c1-27-29(23-15-7-3-8-16-23,24-17-9-4-10-18-24)30(28-2,25-19-11-5-12-20-25)26-21-13-6-14-22-26;1-7-9-11(3,4)12(5,6)10-8-2/h3-22H,1-2H3;7-8H2,1-6H3. The Kier molecular flexibility index (Phi) is 12.5. The lowest BCUT2D eigenvalue weighted by Crippen LogP contribution is -2.87. The molecule has 0 saturated heterocycles. The smallest absolute Gasteiger partial charge is 0.282 e. The maximum absolute atomic E-state index is 6.75. The minimum absolute atomic E-state index is 0.822. The second-order valence-electron chi connectivity index (χ2n) is 11.1. The van der Waals surface area contributed by atoms with Gasteiger partial charge in [0.2, 0.25) is 15.7 Å². The third-order valence-electron chi connectivity index (χ3n) is 8.29. The molecule has 4 aromatic carbocycles.